The van der Waals surface area contributed by atoms with Crippen molar-refractivity contribution < 1.29 is 18.9 Å². The molecule has 2 rings (SSSR count). The number of hydrogen-bond donors (Lipinski definition) is 1. The lowest BCUT2D eigenvalue weighted by Gasteiger charge is -2.13. The maximum atomic E-state index is 12.0. The first-order valence-corrected chi connectivity index (χ1v) is 8.85. The van der Waals surface area contributed by atoms with Crippen LogP contribution in [0.15, 0.2) is 60.7 Å². The number of ether oxygens (including phenoxy) is 2. The lowest BCUT2D eigenvalue weighted by atomic mass is 10.3. The lowest BCUT2D eigenvalue weighted by Crippen LogP contribution is -2.05. The van der Waals surface area contributed by atoms with E-state index in [0.717, 1.165) is 5.75 Å². The molecule has 0 spiro atoms. The third-order valence-corrected chi connectivity index (χ3v) is 4.39. The molecule has 0 amide bonds. The first-order valence-electron chi connectivity index (χ1n) is 6.82. The van der Waals surface area contributed by atoms with Crippen molar-refractivity contribution in [1.82, 2.24) is 0 Å². The standard InChI is InChI=1S/C16H19O4P.ClH/c17-21(18,14-20-16-10-5-2-6-11-16)13-7-12-19-15-8-3-1-4-9-15;/h1-6,8-11H,7,12-14H2,(H,17,18);1H. The fourth-order valence-electron chi connectivity index (χ4n) is 1.78. The van der Waals surface area contributed by atoms with Crippen molar-refractivity contribution in [2.45, 2.75) is 6.42 Å². The summed E-state index contributed by atoms with van der Waals surface area (Å²) in [6.07, 6.45) is 0.538. The molecule has 0 bridgehead atoms. The number of benzene rings is 2. The Hall–Kier alpha value is -1.48. The molecule has 22 heavy (non-hydrogen) atoms. The minimum atomic E-state index is -3.28. The molecule has 0 saturated carbocycles. The van der Waals surface area contributed by atoms with Gasteiger partial charge in [-0.3, -0.25) is 4.57 Å². The summed E-state index contributed by atoms with van der Waals surface area (Å²) in [5.41, 5.74) is 0. The molecule has 2 aromatic carbocycles. The zero-order valence-corrected chi connectivity index (χ0v) is 13.8. The van der Waals surface area contributed by atoms with Gasteiger partial charge in [0.2, 0.25) is 7.37 Å². The van der Waals surface area contributed by atoms with Gasteiger partial charge in [-0.25, -0.2) is 0 Å². The van der Waals surface area contributed by atoms with Crippen molar-refractivity contribution >= 4 is 19.8 Å². The Bertz CT molecular complexity index is 577. The fourth-order valence-corrected chi connectivity index (χ4v) is 2.88. The number of halogens is 1. The van der Waals surface area contributed by atoms with E-state index in [4.69, 9.17) is 9.47 Å². The Kier molecular flexibility index (Phi) is 8.03. The summed E-state index contributed by atoms with van der Waals surface area (Å²) in [4.78, 5) is 9.85. The largest absolute Gasteiger partial charge is 0.494 e. The van der Waals surface area contributed by atoms with Crippen molar-refractivity contribution in [3.8, 4) is 11.5 Å². The minimum Gasteiger partial charge on any atom is -0.494 e. The van der Waals surface area contributed by atoms with Crippen molar-refractivity contribution in [1.29, 1.82) is 0 Å². The van der Waals surface area contributed by atoms with E-state index in [1.165, 1.54) is 0 Å². The number of hydrogen-bond acceptors (Lipinski definition) is 3. The van der Waals surface area contributed by atoms with E-state index in [1.807, 2.05) is 48.5 Å². The topological polar surface area (TPSA) is 55.8 Å². The molecule has 0 aliphatic carbocycles. The fraction of sp³-hybridized carbons (Fsp3) is 0.250. The molecule has 1 unspecified atom stereocenters. The van der Waals surface area contributed by atoms with Gasteiger partial charge in [-0.1, -0.05) is 36.4 Å². The van der Waals surface area contributed by atoms with Gasteiger partial charge in [0.15, 0.2) is 6.35 Å². The van der Waals surface area contributed by atoms with Crippen LogP contribution in [0, 0.1) is 0 Å². The third kappa shape index (κ3) is 6.99. The van der Waals surface area contributed by atoms with Gasteiger partial charge in [-0.15, -0.1) is 12.4 Å². The van der Waals surface area contributed by atoms with Gasteiger partial charge in [0.25, 0.3) is 0 Å². The Morgan fingerprint density at radius 3 is 1.91 bits per heavy atom. The highest BCUT2D eigenvalue weighted by Gasteiger charge is 2.18. The van der Waals surface area contributed by atoms with Gasteiger partial charge in [-0.05, 0) is 30.7 Å². The maximum absolute atomic E-state index is 12.0. The summed E-state index contributed by atoms with van der Waals surface area (Å²) in [5.74, 6) is 1.37. The van der Waals surface area contributed by atoms with Crippen LogP contribution in [0.2, 0.25) is 0 Å². The number of para-hydroxylation sites is 2. The van der Waals surface area contributed by atoms with Crippen LogP contribution in [-0.4, -0.2) is 24.0 Å². The molecule has 6 heteroatoms. The summed E-state index contributed by atoms with van der Waals surface area (Å²) < 4.78 is 22.8. The zero-order chi connectivity index (χ0) is 15.0. The predicted octanol–water partition coefficient (Wildman–Crippen LogP) is 4.18. The summed E-state index contributed by atoms with van der Waals surface area (Å²) in [6.45, 7) is 0.417. The zero-order valence-electron chi connectivity index (χ0n) is 12.1. The molecule has 0 fully saturated rings. The lowest BCUT2D eigenvalue weighted by molar-refractivity contribution is 0.311. The van der Waals surface area contributed by atoms with Gasteiger partial charge in [0.05, 0.1) is 6.61 Å². The molecule has 120 valence electrons. The van der Waals surface area contributed by atoms with Crippen molar-refractivity contribution in [2.75, 3.05) is 19.1 Å². The second-order valence-electron chi connectivity index (χ2n) is 4.67. The summed E-state index contributed by atoms with van der Waals surface area (Å²) in [5, 5.41) is 0. The van der Waals surface area contributed by atoms with Crippen LogP contribution in [0.1, 0.15) is 6.42 Å². The second kappa shape index (κ2) is 9.52. The van der Waals surface area contributed by atoms with Gasteiger partial charge < -0.3 is 14.4 Å². The van der Waals surface area contributed by atoms with E-state index >= 15 is 0 Å². The summed E-state index contributed by atoms with van der Waals surface area (Å²) in [7, 11) is -3.28. The predicted molar refractivity (Wildman–Crippen MR) is 90.4 cm³/mol. The molecule has 2 aromatic rings. The molecular formula is C16H20ClO4P. The molecule has 0 radical (unpaired) electrons. The SMILES string of the molecule is Cl.O=P(O)(CCCOc1ccccc1)COc1ccccc1. The third-order valence-electron chi connectivity index (χ3n) is 2.84. The van der Waals surface area contributed by atoms with Gasteiger partial charge in [-0.2, -0.15) is 0 Å². The first kappa shape index (κ1) is 18.6. The Balaban J connectivity index is 0.00000242. The molecule has 1 atom stereocenters. The molecule has 0 aliphatic rings. The molecule has 4 nitrogen and oxygen atoms in total. The van der Waals surface area contributed by atoms with E-state index < -0.39 is 7.37 Å². The Morgan fingerprint density at radius 1 is 0.864 bits per heavy atom. The molecular weight excluding hydrogens is 323 g/mol. The van der Waals surface area contributed by atoms with E-state index in [2.05, 4.69) is 0 Å². The first-order chi connectivity index (χ1) is 10.2. The molecule has 0 heterocycles. The quantitative estimate of drug-likeness (QED) is 0.577. The van der Waals surface area contributed by atoms with Crippen LogP contribution in [0.3, 0.4) is 0 Å². The Morgan fingerprint density at radius 2 is 1.36 bits per heavy atom. The highest BCUT2D eigenvalue weighted by atomic mass is 35.5. The average Bonchev–Trinajstić information content (AvgIpc) is 2.52. The smallest absolute Gasteiger partial charge is 0.237 e. The van der Waals surface area contributed by atoms with E-state index in [9.17, 15) is 9.46 Å². The molecule has 1 N–H and O–H groups in total. The summed E-state index contributed by atoms with van der Waals surface area (Å²) >= 11 is 0. The van der Waals surface area contributed by atoms with Gasteiger partial charge in [0.1, 0.15) is 11.5 Å². The van der Waals surface area contributed by atoms with Gasteiger partial charge in [0, 0.05) is 6.16 Å². The van der Waals surface area contributed by atoms with Crippen LogP contribution < -0.4 is 9.47 Å². The Labute approximate surface area is 136 Å². The highest BCUT2D eigenvalue weighted by molar-refractivity contribution is 7.57. The molecule has 0 saturated heterocycles. The van der Waals surface area contributed by atoms with E-state index in [0.29, 0.717) is 18.8 Å². The molecule has 0 aromatic heterocycles. The monoisotopic (exact) mass is 342 g/mol. The van der Waals surface area contributed by atoms with Crippen molar-refractivity contribution in [3.05, 3.63) is 60.7 Å². The van der Waals surface area contributed by atoms with Crippen LogP contribution >= 0.6 is 19.8 Å². The number of rotatable bonds is 8. The van der Waals surface area contributed by atoms with Gasteiger partial charge >= 0.3 is 0 Å². The van der Waals surface area contributed by atoms with Crippen molar-refractivity contribution in [3.63, 3.8) is 0 Å². The minimum absolute atomic E-state index is 0. The van der Waals surface area contributed by atoms with Crippen LogP contribution in [0.25, 0.3) is 0 Å². The van der Waals surface area contributed by atoms with Crippen LogP contribution in [-0.2, 0) is 4.57 Å². The highest BCUT2D eigenvalue weighted by Crippen LogP contribution is 2.41. The van der Waals surface area contributed by atoms with E-state index in [1.54, 1.807) is 12.1 Å². The average molecular weight is 343 g/mol. The second-order valence-corrected chi connectivity index (χ2v) is 7.07. The van der Waals surface area contributed by atoms with Crippen LogP contribution in [0.5, 0.6) is 11.5 Å². The molecule has 0 aliphatic heterocycles. The van der Waals surface area contributed by atoms with E-state index in [-0.39, 0.29) is 24.9 Å². The normalized spacial score (nSPS) is 12.8. The van der Waals surface area contributed by atoms with Crippen LogP contribution in [0.4, 0.5) is 0 Å². The van der Waals surface area contributed by atoms with Crippen molar-refractivity contribution in [2.24, 2.45) is 0 Å². The maximum Gasteiger partial charge on any atom is 0.237 e. The summed E-state index contributed by atoms with van der Waals surface area (Å²) in [6, 6.07) is 18.4.